The quantitative estimate of drug-likeness (QED) is 0.572. The molecule has 1 aliphatic heterocycles. The molecule has 1 fully saturated rings. The molecule has 0 aromatic carbocycles. The standard InChI is InChI=1S/C15H32N4/c1-6-13(4)18-15(16-5)17-10-14-8-7-9-19(14)11-12(2)3/h12-14H,6-11H2,1-5H3,(H2,16,17,18)/t13?,14-/m1/s1. The number of aliphatic imine (C=N–C) groups is 1. The van der Waals surface area contributed by atoms with Crippen LogP contribution in [0.4, 0.5) is 0 Å². The van der Waals surface area contributed by atoms with Gasteiger partial charge in [0, 0.05) is 32.2 Å². The number of rotatable bonds is 6. The molecule has 1 unspecified atom stereocenters. The van der Waals surface area contributed by atoms with Gasteiger partial charge in [0.1, 0.15) is 0 Å². The second-order valence-corrected chi connectivity index (χ2v) is 6.09. The molecule has 2 atom stereocenters. The zero-order valence-corrected chi connectivity index (χ0v) is 13.4. The Morgan fingerprint density at radius 1 is 1.37 bits per heavy atom. The minimum Gasteiger partial charge on any atom is -0.355 e. The molecule has 112 valence electrons. The summed E-state index contributed by atoms with van der Waals surface area (Å²) in [5.74, 6) is 1.68. The van der Waals surface area contributed by atoms with Crippen LogP contribution in [0, 0.1) is 5.92 Å². The van der Waals surface area contributed by atoms with Crippen molar-refractivity contribution >= 4 is 5.96 Å². The molecule has 0 aliphatic carbocycles. The van der Waals surface area contributed by atoms with Gasteiger partial charge in [0.2, 0.25) is 0 Å². The van der Waals surface area contributed by atoms with Crippen LogP contribution in [0.5, 0.6) is 0 Å². The lowest BCUT2D eigenvalue weighted by atomic mass is 10.1. The van der Waals surface area contributed by atoms with Crippen molar-refractivity contribution in [2.45, 2.75) is 59.0 Å². The van der Waals surface area contributed by atoms with Crippen molar-refractivity contribution in [1.82, 2.24) is 15.5 Å². The molecule has 0 radical (unpaired) electrons. The van der Waals surface area contributed by atoms with Gasteiger partial charge in [-0.2, -0.15) is 0 Å². The van der Waals surface area contributed by atoms with Crippen molar-refractivity contribution in [3.63, 3.8) is 0 Å². The van der Waals surface area contributed by atoms with E-state index in [2.05, 4.69) is 48.2 Å². The fraction of sp³-hybridized carbons (Fsp3) is 0.933. The Labute approximate surface area is 119 Å². The van der Waals surface area contributed by atoms with Crippen LogP contribution in [0.1, 0.15) is 47.0 Å². The fourth-order valence-corrected chi connectivity index (χ4v) is 2.58. The summed E-state index contributed by atoms with van der Waals surface area (Å²) in [6, 6.07) is 1.14. The predicted molar refractivity (Wildman–Crippen MR) is 83.7 cm³/mol. The predicted octanol–water partition coefficient (Wildman–Crippen LogP) is 2.07. The van der Waals surface area contributed by atoms with Crippen LogP contribution < -0.4 is 10.6 Å². The van der Waals surface area contributed by atoms with Gasteiger partial charge < -0.3 is 10.6 Å². The van der Waals surface area contributed by atoms with Crippen molar-refractivity contribution in [1.29, 1.82) is 0 Å². The number of hydrogen-bond donors (Lipinski definition) is 2. The van der Waals surface area contributed by atoms with E-state index in [-0.39, 0.29) is 0 Å². The highest BCUT2D eigenvalue weighted by Gasteiger charge is 2.24. The Morgan fingerprint density at radius 3 is 2.68 bits per heavy atom. The van der Waals surface area contributed by atoms with Gasteiger partial charge in [0.15, 0.2) is 5.96 Å². The minimum absolute atomic E-state index is 0.474. The zero-order chi connectivity index (χ0) is 14.3. The van der Waals surface area contributed by atoms with Crippen LogP contribution in [0.15, 0.2) is 4.99 Å². The normalized spacial score (nSPS) is 22.8. The van der Waals surface area contributed by atoms with Crippen LogP contribution in [0.3, 0.4) is 0 Å². The van der Waals surface area contributed by atoms with Crippen LogP contribution in [-0.2, 0) is 0 Å². The Morgan fingerprint density at radius 2 is 2.11 bits per heavy atom. The van der Waals surface area contributed by atoms with E-state index in [0.29, 0.717) is 12.1 Å². The van der Waals surface area contributed by atoms with E-state index in [9.17, 15) is 0 Å². The molecule has 0 bridgehead atoms. The maximum Gasteiger partial charge on any atom is 0.191 e. The van der Waals surface area contributed by atoms with Crippen molar-refractivity contribution in [2.75, 3.05) is 26.7 Å². The van der Waals surface area contributed by atoms with Crippen LogP contribution in [0.25, 0.3) is 0 Å². The maximum atomic E-state index is 4.30. The summed E-state index contributed by atoms with van der Waals surface area (Å²) in [6.07, 6.45) is 3.75. The second-order valence-electron chi connectivity index (χ2n) is 6.09. The lowest BCUT2D eigenvalue weighted by Crippen LogP contribution is -2.47. The van der Waals surface area contributed by atoms with Gasteiger partial charge in [-0.15, -0.1) is 0 Å². The molecule has 1 heterocycles. The molecular formula is C15H32N4. The monoisotopic (exact) mass is 268 g/mol. The molecule has 19 heavy (non-hydrogen) atoms. The number of nitrogens with zero attached hydrogens (tertiary/aromatic N) is 2. The summed E-state index contributed by atoms with van der Waals surface area (Å²) in [5.41, 5.74) is 0. The molecule has 1 rings (SSSR count). The number of likely N-dealkylation sites (tertiary alicyclic amines) is 1. The Bertz CT molecular complexity index is 275. The van der Waals surface area contributed by atoms with E-state index in [1.165, 1.54) is 25.9 Å². The molecule has 0 spiro atoms. The van der Waals surface area contributed by atoms with Crippen LogP contribution in [-0.4, -0.2) is 49.6 Å². The van der Waals surface area contributed by atoms with E-state index in [4.69, 9.17) is 0 Å². The zero-order valence-electron chi connectivity index (χ0n) is 13.4. The first-order valence-corrected chi connectivity index (χ1v) is 7.78. The van der Waals surface area contributed by atoms with Crippen molar-refractivity contribution in [3.8, 4) is 0 Å². The van der Waals surface area contributed by atoms with E-state index in [0.717, 1.165) is 24.8 Å². The molecule has 1 aliphatic rings. The highest BCUT2D eigenvalue weighted by atomic mass is 15.2. The average Bonchev–Trinajstić information content (AvgIpc) is 2.80. The average molecular weight is 268 g/mol. The van der Waals surface area contributed by atoms with Gasteiger partial charge in [0.05, 0.1) is 0 Å². The second kappa shape index (κ2) is 8.41. The molecule has 4 nitrogen and oxygen atoms in total. The first-order valence-electron chi connectivity index (χ1n) is 7.78. The molecule has 2 N–H and O–H groups in total. The van der Waals surface area contributed by atoms with Crippen molar-refractivity contribution in [3.05, 3.63) is 0 Å². The van der Waals surface area contributed by atoms with Gasteiger partial charge in [-0.1, -0.05) is 20.8 Å². The van der Waals surface area contributed by atoms with Gasteiger partial charge in [0.25, 0.3) is 0 Å². The number of hydrogen-bond acceptors (Lipinski definition) is 2. The minimum atomic E-state index is 0.474. The first-order chi connectivity index (χ1) is 9.06. The topological polar surface area (TPSA) is 39.7 Å². The van der Waals surface area contributed by atoms with Gasteiger partial charge >= 0.3 is 0 Å². The van der Waals surface area contributed by atoms with E-state index in [1.807, 2.05) is 7.05 Å². The first kappa shape index (κ1) is 16.3. The molecule has 0 amide bonds. The van der Waals surface area contributed by atoms with Gasteiger partial charge in [-0.05, 0) is 38.6 Å². The summed E-state index contributed by atoms with van der Waals surface area (Å²) in [5, 5.41) is 6.89. The summed E-state index contributed by atoms with van der Waals surface area (Å²) in [7, 11) is 1.85. The Balaban J connectivity index is 2.37. The maximum absolute atomic E-state index is 4.30. The van der Waals surface area contributed by atoms with Crippen LogP contribution >= 0.6 is 0 Å². The fourth-order valence-electron chi connectivity index (χ4n) is 2.58. The summed E-state index contributed by atoms with van der Waals surface area (Å²) >= 11 is 0. The Hall–Kier alpha value is -0.770. The summed E-state index contributed by atoms with van der Waals surface area (Å²) in [4.78, 5) is 6.92. The third-order valence-corrected chi connectivity index (χ3v) is 3.82. The third-order valence-electron chi connectivity index (χ3n) is 3.82. The molecule has 1 saturated heterocycles. The van der Waals surface area contributed by atoms with Gasteiger partial charge in [-0.25, -0.2) is 0 Å². The van der Waals surface area contributed by atoms with Gasteiger partial charge in [-0.3, -0.25) is 9.89 Å². The highest BCUT2D eigenvalue weighted by molar-refractivity contribution is 5.79. The third kappa shape index (κ3) is 5.81. The molecule has 4 heteroatoms. The number of guanidine groups is 1. The number of nitrogens with one attached hydrogen (secondary N) is 2. The SMILES string of the molecule is CCC(C)NC(=NC)NC[C@H]1CCCN1CC(C)C. The van der Waals surface area contributed by atoms with Crippen molar-refractivity contribution < 1.29 is 0 Å². The molecule has 0 aromatic rings. The van der Waals surface area contributed by atoms with E-state index in [1.54, 1.807) is 0 Å². The van der Waals surface area contributed by atoms with E-state index >= 15 is 0 Å². The largest absolute Gasteiger partial charge is 0.355 e. The highest BCUT2D eigenvalue weighted by Crippen LogP contribution is 2.17. The van der Waals surface area contributed by atoms with E-state index < -0.39 is 0 Å². The summed E-state index contributed by atoms with van der Waals surface area (Å²) < 4.78 is 0. The summed E-state index contributed by atoms with van der Waals surface area (Å²) in [6.45, 7) is 12.4. The van der Waals surface area contributed by atoms with Crippen LogP contribution in [0.2, 0.25) is 0 Å². The lowest BCUT2D eigenvalue weighted by Gasteiger charge is -2.27. The molecule has 0 saturated carbocycles. The molecular weight excluding hydrogens is 236 g/mol. The smallest absolute Gasteiger partial charge is 0.191 e. The lowest BCUT2D eigenvalue weighted by molar-refractivity contribution is 0.226. The van der Waals surface area contributed by atoms with Crippen molar-refractivity contribution in [2.24, 2.45) is 10.9 Å². The molecule has 0 aromatic heterocycles. The Kier molecular flexibility index (Phi) is 7.21.